The van der Waals surface area contributed by atoms with Gasteiger partial charge in [0.2, 0.25) is 0 Å². The molecule has 0 aliphatic carbocycles. The minimum Gasteiger partial charge on any atom is -0.497 e. The van der Waals surface area contributed by atoms with Gasteiger partial charge in [0.1, 0.15) is 11.6 Å². The Morgan fingerprint density at radius 2 is 2.16 bits per heavy atom. The third-order valence-corrected chi connectivity index (χ3v) is 3.00. The molecule has 2 aromatic heterocycles. The lowest BCUT2D eigenvalue weighted by atomic mass is 10.3. The molecule has 0 spiro atoms. The van der Waals surface area contributed by atoms with Crippen molar-refractivity contribution in [2.45, 2.75) is 6.92 Å². The zero-order chi connectivity index (χ0) is 13.4. The topological polar surface area (TPSA) is 59.9 Å². The summed E-state index contributed by atoms with van der Waals surface area (Å²) < 4.78 is 7.09. The lowest BCUT2D eigenvalue weighted by molar-refractivity contribution is 0.414. The Morgan fingerprint density at radius 1 is 1.32 bits per heavy atom. The second-order valence-corrected chi connectivity index (χ2v) is 4.28. The Labute approximate surface area is 109 Å². The molecule has 0 aliphatic rings. The first-order valence-electron chi connectivity index (χ1n) is 5.91. The minimum absolute atomic E-state index is 0.121. The number of rotatable bonds is 2. The van der Waals surface area contributed by atoms with E-state index < -0.39 is 0 Å². The van der Waals surface area contributed by atoms with E-state index in [1.54, 1.807) is 20.1 Å². The van der Waals surface area contributed by atoms with E-state index in [4.69, 9.17) is 4.74 Å². The van der Waals surface area contributed by atoms with Gasteiger partial charge in [-0.2, -0.15) is 0 Å². The van der Waals surface area contributed by atoms with Crippen LogP contribution in [0.5, 0.6) is 5.75 Å². The molecule has 2 heterocycles. The average Bonchev–Trinajstić information content (AvgIpc) is 2.82. The number of aryl methyl sites for hydroxylation is 1. The fourth-order valence-electron chi connectivity index (χ4n) is 2.10. The van der Waals surface area contributed by atoms with Crippen molar-refractivity contribution < 1.29 is 4.74 Å². The summed E-state index contributed by atoms with van der Waals surface area (Å²) in [5.41, 5.74) is 1.44. The van der Waals surface area contributed by atoms with Crippen molar-refractivity contribution in [2.24, 2.45) is 0 Å². The van der Waals surface area contributed by atoms with E-state index in [1.807, 2.05) is 35.0 Å². The fraction of sp³-hybridized carbons (Fsp3) is 0.143. The Bertz CT molecular complexity index is 802. The number of nitrogens with zero attached hydrogens (tertiary/aromatic N) is 2. The number of benzene rings is 1. The molecule has 0 saturated heterocycles. The van der Waals surface area contributed by atoms with Gasteiger partial charge in [-0.3, -0.25) is 4.79 Å². The van der Waals surface area contributed by atoms with Crippen LogP contribution in [0, 0.1) is 6.92 Å². The Kier molecular flexibility index (Phi) is 2.59. The molecule has 0 aliphatic heterocycles. The monoisotopic (exact) mass is 255 g/mol. The van der Waals surface area contributed by atoms with E-state index >= 15 is 0 Å². The SMILES string of the molecule is COc1cccc(-n2ccc3c(=O)[nH]c(C)nc32)c1. The molecular formula is C14H13N3O2. The van der Waals surface area contributed by atoms with Crippen molar-refractivity contribution >= 4 is 11.0 Å². The summed E-state index contributed by atoms with van der Waals surface area (Å²) in [6.07, 6.45) is 1.83. The second-order valence-electron chi connectivity index (χ2n) is 4.28. The van der Waals surface area contributed by atoms with E-state index in [2.05, 4.69) is 9.97 Å². The molecule has 0 unspecified atom stereocenters. The molecule has 0 atom stereocenters. The highest BCUT2D eigenvalue weighted by atomic mass is 16.5. The van der Waals surface area contributed by atoms with Crippen LogP contribution in [-0.4, -0.2) is 21.6 Å². The van der Waals surface area contributed by atoms with Gasteiger partial charge in [-0.15, -0.1) is 0 Å². The van der Waals surface area contributed by atoms with Crippen molar-refractivity contribution in [3.8, 4) is 11.4 Å². The zero-order valence-corrected chi connectivity index (χ0v) is 10.7. The molecule has 1 aromatic carbocycles. The Morgan fingerprint density at radius 3 is 2.95 bits per heavy atom. The predicted molar refractivity (Wildman–Crippen MR) is 73.0 cm³/mol. The van der Waals surface area contributed by atoms with Gasteiger partial charge in [0.05, 0.1) is 18.2 Å². The quantitative estimate of drug-likeness (QED) is 0.762. The molecule has 0 saturated carbocycles. The highest BCUT2D eigenvalue weighted by molar-refractivity contribution is 5.77. The lowest BCUT2D eigenvalue weighted by Crippen LogP contribution is -2.09. The number of hydrogen-bond donors (Lipinski definition) is 1. The molecule has 96 valence electrons. The van der Waals surface area contributed by atoms with Gasteiger partial charge in [-0.25, -0.2) is 4.98 Å². The maximum Gasteiger partial charge on any atom is 0.260 e. The highest BCUT2D eigenvalue weighted by Gasteiger charge is 2.08. The van der Waals surface area contributed by atoms with Gasteiger partial charge >= 0.3 is 0 Å². The van der Waals surface area contributed by atoms with Gasteiger partial charge in [-0.05, 0) is 25.1 Å². The molecule has 3 rings (SSSR count). The van der Waals surface area contributed by atoms with E-state index in [0.29, 0.717) is 16.9 Å². The Balaban J connectivity index is 2.28. The molecule has 5 heteroatoms. The third-order valence-electron chi connectivity index (χ3n) is 3.00. The van der Waals surface area contributed by atoms with Crippen LogP contribution in [0.15, 0.2) is 41.3 Å². The molecule has 19 heavy (non-hydrogen) atoms. The van der Waals surface area contributed by atoms with Gasteiger partial charge in [0.15, 0.2) is 5.65 Å². The van der Waals surface area contributed by atoms with Crippen molar-refractivity contribution in [3.63, 3.8) is 0 Å². The number of aromatic nitrogens is 3. The average molecular weight is 255 g/mol. The standard InChI is InChI=1S/C14H13N3O2/c1-9-15-13-12(14(18)16-9)6-7-17(13)10-4-3-5-11(8-10)19-2/h3-8H,1-2H3,(H,15,16,18). The van der Waals surface area contributed by atoms with E-state index in [1.165, 1.54) is 0 Å². The van der Waals surface area contributed by atoms with Gasteiger partial charge < -0.3 is 14.3 Å². The zero-order valence-electron chi connectivity index (χ0n) is 10.7. The third kappa shape index (κ3) is 1.89. The van der Waals surface area contributed by atoms with E-state index in [-0.39, 0.29) is 5.56 Å². The number of nitrogens with one attached hydrogen (secondary N) is 1. The predicted octanol–water partition coefficient (Wildman–Crippen LogP) is 2.03. The smallest absolute Gasteiger partial charge is 0.260 e. The largest absolute Gasteiger partial charge is 0.497 e. The van der Waals surface area contributed by atoms with Crippen LogP contribution in [-0.2, 0) is 0 Å². The van der Waals surface area contributed by atoms with Gasteiger partial charge in [-0.1, -0.05) is 6.07 Å². The van der Waals surface area contributed by atoms with Crippen LogP contribution < -0.4 is 10.3 Å². The highest BCUT2D eigenvalue weighted by Crippen LogP contribution is 2.20. The number of methoxy groups -OCH3 is 1. The van der Waals surface area contributed by atoms with Crippen molar-refractivity contribution in [1.29, 1.82) is 0 Å². The summed E-state index contributed by atoms with van der Waals surface area (Å²) >= 11 is 0. The first-order valence-corrected chi connectivity index (χ1v) is 5.91. The molecular weight excluding hydrogens is 242 g/mol. The van der Waals surface area contributed by atoms with Crippen molar-refractivity contribution in [1.82, 2.24) is 14.5 Å². The Hall–Kier alpha value is -2.56. The van der Waals surface area contributed by atoms with Crippen LogP contribution in [0.2, 0.25) is 0 Å². The molecule has 3 aromatic rings. The second kappa shape index (κ2) is 4.28. The minimum atomic E-state index is -0.121. The first kappa shape index (κ1) is 11.5. The summed E-state index contributed by atoms with van der Waals surface area (Å²) in [5, 5.41) is 0.577. The van der Waals surface area contributed by atoms with Crippen LogP contribution in [0.1, 0.15) is 5.82 Å². The summed E-state index contributed by atoms with van der Waals surface area (Å²) in [5.74, 6) is 1.36. The molecule has 1 N–H and O–H groups in total. The molecule has 0 bridgehead atoms. The number of H-pyrrole nitrogens is 1. The van der Waals surface area contributed by atoms with Crippen LogP contribution in [0.3, 0.4) is 0 Å². The number of hydrogen-bond acceptors (Lipinski definition) is 3. The van der Waals surface area contributed by atoms with Gasteiger partial charge in [0, 0.05) is 12.3 Å². The lowest BCUT2D eigenvalue weighted by Gasteiger charge is -2.07. The maximum atomic E-state index is 11.8. The van der Waals surface area contributed by atoms with Crippen LogP contribution >= 0.6 is 0 Å². The number of aromatic amines is 1. The summed E-state index contributed by atoms with van der Waals surface area (Å²) in [6.45, 7) is 1.77. The van der Waals surface area contributed by atoms with E-state index in [9.17, 15) is 4.79 Å². The number of ether oxygens (including phenoxy) is 1. The number of fused-ring (bicyclic) bond motifs is 1. The van der Waals surface area contributed by atoms with Gasteiger partial charge in [0.25, 0.3) is 5.56 Å². The molecule has 0 amide bonds. The first-order chi connectivity index (χ1) is 9.19. The maximum absolute atomic E-state index is 11.8. The van der Waals surface area contributed by atoms with Crippen molar-refractivity contribution in [2.75, 3.05) is 7.11 Å². The fourth-order valence-corrected chi connectivity index (χ4v) is 2.10. The van der Waals surface area contributed by atoms with E-state index in [0.717, 1.165) is 11.4 Å². The van der Waals surface area contributed by atoms with Crippen LogP contribution in [0.4, 0.5) is 0 Å². The van der Waals surface area contributed by atoms with Crippen molar-refractivity contribution in [3.05, 3.63) is 52.7 Å². The summed E-state index contributed by atoms with van der Waals surface area (Å²) in [7, 11) is 1.62. The molecule has 0 fully saturated rings. The normalized spacial score (nSPS) is 10.8. The molecule has 0 radical (unpaired) electrons. The summed E-state index contributed by atoms with van der Waals surface area (Å²) in [4.78, 5) is 18.9. The molecule has 5 nitrogen and oxygen atoms in total. The van der Waals surface area contributed by atoms with Crippen LogP contribution in [0.25, 0.3) is 16.7 Å². The summed E-state index contributed by atoms with van der Waals surface area (Å²) in [6, 6.07) is 9.39.